The van der Waals surface area contributed by atoms with Crippen molar-refractivity contribution < 1.29 is 9.59 Å². The van der Waals surface area contributed by atoms with Crippen molar-refractivity contribution in [3.05, 3.63) is 35.9 Å². The summed E-state index contributed by atoms with van der Waals surface area (Å²) in [4.78, 5) is 24.3. The van der Waals surface area contributed by atoms with E-state index in [1.165, 1.54) is 11.8 Å². The van der Waals surface area contributed by atoms with Crippen LogP contribution in [0.2, 0.25) is 0 Å². The Bertz CT molecular complexity index is 386. The lowest BCUT2D eigenvalue weighted by Gasteiger charge is -2.12. The van der Waals surface area contributed by atoms with E-state index in [1.54, 1.807) is 0 Å². The van der Waals surface area contributed by atoms with Crippen LogP contribution in [0.4, 0.5) is 0 Å². The normalized spacial score (nSPS) is 20.7. The third-order valence-electron chi connectivity index (χ3n) is 2.79. The molecule has 1 aliphatic heterocycles. The zero-order valence-electron chi connectivity index (χ0n) is 8.64. The molecule has 0 aromatic heterocycles. The summed E-state index contributed by atoms with van der Waals surface area (Å²) in [6.45, 7) is 1.99. The average molecular weight is 203 g/mol. The minimum Gasteiger partial charge on any atom is -0.282 e. The van der Waals surface area contributed by atoms with Gasteiger partial charge in [0.1, 0.15) is 0 Å². The minimum atomic E-state index is -0.154. The van der Waals surface area contributed by atoms with Crippen LogP contribution in [0.3, 0.4) is 0 Å². The van der Waals surface area contributed by atoms with Gasteiger partial charge in [-0.05, 0) is 12.0 Å². The van der Waals surface area contributed by atoms with E-state index in [4.69, 9.17) is 0 Å². The fourth-order valence-corrected chi connectivity index (χ4v) is 1.99. The van der Waals surface area contributed by atoms with Crippen molar-refractivity contribution >= 4 is 11.8 Å². The Balaban J connectivity index is 2.21. The smallest absolute Gasteiger partial charge is 0.236 e. The maximum absolute atomic E-state index is 11.9. The molecule has 2 rings (SSSR count). The highest BCUT2D eigenvalue weighted by Crippen LogP contribution is 2.28. The third-order valence-corrected chi connectivity index (χ3v) is 2.79. The highest BCUT2D eigenvalue weighted by Gasteiger charge is 2.34. The molecule has 1 aromatic carbocycles. The molecule has 0 aliphatic carbocycles. The number of nitrogens with zero attached hydrogens (tertiary/aromatic N) is 1. The van der Waals surface area contributed by atoms with E-state index >= 15 is 0 Å². The molecule has 1 fully saturated rings. The molecule has 15 heavy (non-hydrogen) atoms. The van der Waals surface area contributed by atoms with Crippen molar-refractivity contribution in [1.82, 2.24) is 4.90 Å². The van der Waals surface area contributed by atoms with Gasteiger partial charge < -0.3 is 0 Å². The molecule has 1 atom stereocenters. The Kier molecular flexibility index (Phi) is 2.54. The largest absolute Gasteiger partial charge is 0.282 e. The Labute approximate surface area is 88.7 Å². The van der Waals surface area contributed by atoms with E-state index in [-0.39, 0.29) is 17.7 Å². The highest BCUT2D eigenvalue weighted by molar-refractivity contribution is 5.99. The summed E-state index contributed by atoms with van der Waals surface area (Å²) < 4.78 is 0. The van der Waals surface area contributed by atoms with Crippen LogP contribution in [0, 0.1) is 0 Å². The van der Waals surface area contributed by atoms with Gasteiger partial charge in [-0.2, -0.15) is 0 Å². The number of hydrogen-bond donors (Lipinski definition) is 0. The van der Waals surface area contributed by atoms with E-state index in [0.717, 1.165) is 12.0 Å². The molecular formula is C12H13NO2. The Morgan fingerprint density at radius 2 is 2.00 bits per heavy atom. The average Bonchev–Trinajstić information content (AvgIpc) is 2.61. The first-order chi connectivity index (χ1) is 7.20. The van der Waals surface area contributed by atoms with Crippen LogP contribution < -0.4 is 0 Å². The van der Waals surface area contributed by atoms with Crippen molar-refractivity contribution in [3.8, 4) is 0 Å². The van der Waals surface area contributed by atoms with Crippen LogP contribution in [0.15, 0.2) is 30.3 Å². The van der Waals surface area contributed by atoms with Gasteiger partial charge in [0.2, 0.25) is 11.8 Å². The summed E-state index contributed by atoms with van der Waals surface area (Å²) in [6, 6.07) is 9.63. The predicted molar refractivity (Wildman–Crippen MR) is 56.2 cm³/mol. The topological polar surface area (TPSA) is 37.4 Å². The maximum Gasteiger partial charge on any atom is 0.236 e. The maximum atomic E-state index is 11.9. The molecule has 0 N–H and O–H groups in total. The zero-order chi connectivity index (χ0) is 10.8. The third kappa shape index (κ3) is 1.77. The Hall–Kier alpha value is -1.64. The van der Waals surface area contributed by atoms with Gasteiger partial charge in [-0.3, -0.25) is 14.5 Å². The van der Waals surface area contributed by atoms with Crippen LogP contribution in [-0.2, 0) is 9.59 Å². The SMILES string of the molecule is CC(=O)N1CC[C@H](c2ccccc2)C1=O. The zero-order valence-corrected chi connectivity index (χ0v) is 8.64. The predicted octanol–water partition coefficient (Wildman–Crippen LogP) is 1.55. The van der Waals surface area contributed by atoms with Crippen molar-refractivity contribution in [1.29, 1.82) is 0 Å². The quantitative estimate of drug-likeness (QED) is 0.694. The first-order valence-electron chi connectivity index (χ1n) is 5.07. The van der Waals surface area contributed by atoms with Gasteiger partial charge >= 0.3 is 0 Å². The van der Waals surface area contributed by atoms with Gasteiger partial charge in [-0.15, -0.1) is 0 Å². The van der Waals surface area contributed by atoms with Crippen LogP contribution in [0.5, 0.6) is 0 Å². The molecule has 78 valence electrons. The van der Waals surface area contributed by atoms with Gasteiger partial charge in [0.15, 0.2) is 0 Å². The van der Waals surface area contributed by atoms with Crippen LogP contribution in [0.25, 0.3) is 0 Å². The fourth-order valence-electron chi connectivity index (χ4n) is 1.99. The van der Waals surface area contributed by atoms with Crippen LogP contribution >= 0.6 is 0 Å². The number of likely N-dealkylation sites (tertiary alicyclic amines) is 1. The Morgan fingerprint density at radius 3 is 2.53 bits per heavy atom. The van der Waals surface area contributed by atoms with Gasteiger partial charge in [-0.25, -0.2) is 0 Å². The van der Waals surface area contributed by atoms with Gasteiger partial charge in [0, 0.05) is 13.5 Å². The second-order valence-electron chi connectivity index (χ2n) is 3.76. The van der Waals surface area contributed by atoms with Gasteiger partial charge in [0.25, 0.3) is 0 Å². The lowest BCUT2D eigenvalue weighted by Crippen LogP contribution is -2.31. The standard InChI is InChI=1S/C12H13NO2/c1-9(14)13-8-7-11(12(13)15)10-5-3-2-4-6-10/h2-6,11H,7-8H2,1H3/t11-/m1/s1. The lowest BCUT2D eigenvalue weighted by molar-refractivity contribution is -0.140. The molecule has 0 radical (unpaired) electrons. The fraction of sp³-hybridized carbons (Fsp3) is 0.333. The molecule has 0 saturated carbocycles. The van der Waals surface area contributed by atoms with Crippen LogP contribution in [-0.4, -0.2) is 23.3 Å². The molecule has 0 unspecified atom stereocenters. The molecule has 1 saturated heterocycles. The van der Waals surface area contributed by atoms with E-state index in [2.05, 4.69) is 0 Å². The molecule has 1 aromatic rings. The van der Waals surface area contributed by atoms with E-state index < -0.39 is 0 Å². The van der Waals surface area contributed by atoms with Gasteiger partial charge in [0.05, 0.1) is 5.92 Å². The van der Waals surface area contributed by atoms with Crippen molar-refractivity contribution in [3.63, 3.8) is 0 Å². The molecule has 3 nitrogen and oxygen atoms in total. The molecule has 0 bridgehead atoms. The van der Waals surface area contributed by atoms with Crippen molar-refractivity contribution in [2.24, 2.45) is 0 Å². The number of carbonyl (C=O) groups excluding carboxylic acids is 2. The number of rotatable bonds is 1. The summed E-state index contributed by atoms with van der Waals surface area (Å²) in [7, 11) is 0. The number of hydrogen-bond acceptors (Lipinski definition) is 2. The first-order valence-corrected chi connectivity index (χ1v) is 5.07. The van der Waals surface area contributed by atoms with E-state index in [9.17, 15) is 9.59 Å². The lowest BCUT2D eigenvalue weighted by atomic mass is 9.98. The number of benzene rings is 1. The molecular weight excluding hydrogens is 190 g/mol. The molecule has 1 heterocycles. The van der Waals surface area contributed by atoms with Crippen molar-refractivity contribution in [2.45, 2.75) is 19.3 Å². The molecule has 0 spiro atoms. The van der Waals surface area contributed by atoms with Gasteiger partial charge in [-0.1, -0.05) is 30.3 Å². The van der Waals surface area contributed by atoms with Crippen LogP contribution in [0.1, 0.15) is 24.8 Å². The summed E-state index contributed by atoms with van der Waals surface area (Å²) in [6.07, 6.45) is 0.739. The van der Waals surface area contributed by atoms with E-state index in [1.807, 2.05) is 30.3 Å². The first kappa shape index (κ1) is 9.90. The second-order valence-corrected chi connectivity index (χ2v) is 3.76. The Morgan fingerprint density at radius 1 is 1.33 bits per heavy atom. The summed E-state index contributed by atoms with van der Waals surface area (Å²) in [5, 5.41) is 0. The molecule has 1 aliphatic rings. The monoisotopic (exact) mass is 203 g/mol. The van der Waals surface area contributed by atoms with Crippen molar-refractivity contribution in [2.75, 3.05) is 6.54 Å². The summed E-state index contributed by atoms with van der Waals surface area (Å²) in [5.41, 5.74) is 1.01. The molecule has 3 heteroatoms. The minimum absolute atomic E-state index is 0.0614. The number of amides is 2. The second kappa shape index (κ2) is 3.85. The number of imide groups is 1. The highest BCUT2D eigenvalue weighted by atomic mass is 16.2. The molecule has 2 amide bonds. The summed E-state index contributed by atoms with van der Waals surface area (Å²) in [5.74, 6) is -0.345. The number of carbonyl (C=O) groups is 2. The van der Waals surface area contributed by atoms with E-state index in [0.29, 0.717) is 6.54 Å². The summed E-state index contributed by atoms with van der Waals surface area (Å²) >= 11 is 0.